The molecule has 0 aliphatic carbocycles. The third-order valence-electron chi connectivity index (χ3n) is 3.56. The predicted molar refractivity (Wildman–Crippen MR) is 69.6 cm³/mol. The maximum atomic E-state index is 13.0. The summed E-state index contributed by atoms with van der Waals surface area (Å²) in [6, 6.07) is 5.26. The predicted octanol–water partition coefficient (Wildman–Crippen LogP) is 3.22. The van der Waals surface area contributed by atoms with Crippen LogP contribution in [0.25, 0.3) is 11.4 Å². The van der Waals surface area contributed by atoms with E-state index in [1.54, 1.807) is 0 Å². The van der Waals surface area contributed by atoms with Crippen LogP contribution in [0.2, 0.25) is 0 Å². The van der Waals surface area contributed by atoms with Crippen molar-refractivity contribution in [3.8, 4) is 11.4 Å². The largest absolute Gasteiger partial charge is 0.417 e. The fraction of sp³-hybridized carbons (Fsp3) is 0.429. The standard InChI is InChI=1S/C14H14F3N3O/c15-14(16,17)11-6-2-1-5-10(11)12-19-13(21-20-12)9-4-3-7-18-8-9/h1-2,5-6,9,18H,3-4,7-8H2. The van der Waals surface area contributed by atoms with Crippen molar-refractivity contribution in [3.05, 3.63) is 35.7 Å². The summed E-state index contributed by atoms with van der Waals surface area (Å²) in [7, 11) is 0. The second-order valence-electron chi connectivity index (χ2n) is 5.04. The van der Waals surface area contributed by atoms with E-state index < -0.39 is 11.7 Å². The molecule has 0 radical (unpaired) electrons. The van der Waals surface area contributed by atoms with E-state index in [0.29, 0.717) is 12.4 Å². The number of nitrogens with zero attached hydrogens (tertiary/aromatic N) is 2. The van der Waals surface area contributed by atoms with Crippen molar-refractivity contribution in [2.45, 2.75) is 24.9 Å². The van der Waals surface area contributed by atoms with E-state index in [9.17, 15) is 13.2 Å². The molecule has 1 fully saturated rings. The molecule has 1 aromatic carbocycles. The van der Waals surface area contributed by atoms with Gasteiger partial charge in [-0.1, -0.05) is 23.4 Å². The molecular weight excluding hydrogens is 283 g/mol. The highest BCUT2D eigenvalue weighted by Gasteiger charge is 2.34. The van der Waals surface area contributed by atoms with Gasteiger partial charge in [0.15, 0.2) is 0 Å². The van der Waals surface area contributed by atoms with Gasteiger partial charge in [-0.15, -0.1) is 0 Å². The van der Waals surface area contributed by atoms with Crippen LogP contribution in [0.3, 0.4) is 0 Å². The average Bonchev–Trinajstić information content (AvgIpc) is 2.97. The van der Waals surface area contributed by atoms with Gasteiger partial charge in [-0.3, -0.25) is 0 Å². The van der Waals surface area contributed by atoms with E-state index >= 15 is 0 Å². The number of piperidine rings is 1. The van der Waals surface area contributed by atoms with Crippen LogP contribution in [0.5, 0.6) is 0 Å². The molecule has 2 heterocycles. The molecule has 0 bridgehead atoms. The van der Waals surface area contributed by atoms with E-state index in [1.165, 1.54) is 18.2 Å². The quantitative estimate of drug-likeness (QED) is 0.924. The molecule has 1 N–H and O–H groups in total. The lowest BCUT2D eigenvalue weighted by molar-refractivity contribution is -0.137. The first-order chi connectivity index (χ1) is 10.1. The molecule has 1 aliphatic rings. The van der Waals surface area contributed by atoms with Gasteiger partial charge in [0.25, 0.3) is 0 Å². The molecule has 112 valence electrons. The highest BCUT2D eigenvalue weighted by Crippen LogP contribution is 2.36. The normalized spacial score (nSPS) is 19.7. The summed E-state index contributed by atoms with van der Waals surface area (Å²) < 4.78 is 44.2. The van der Waals surface area contributed by atoms with E-state index in [0.717, 1.165) is 25.5 Å². The summed E-state index contributed by atoms with van der Waals surface area (Å²) in [5.41, 5.74) is -0.803. The van der Waals surface area contributed by atoms with E-state index in [-0.39, 0.29) is 17.3 Å². The van der Waals surface area contributed by atoms with Crippen molar-refractivity contribution < 1.29 is 17.7 Å². The zero-order chi connectivity index (χ0) is 14.9. The summed E-state index contributed by atoms with van der Waals surface area (Å²) >= 11 is 0. The van der Waals surface area contributed by atoms with Crippen molar-refractivity contribution in [1.29, 1.82) is 0 Å². The molecule has 0 spiro atoms. The minimum Gasteiger partial charge on any atom is -0.339 e. The Balaban J connectivity index is 1.93. The van der Waals surface area contributed by atoms with Gasteiger partial charge in [-0.2, -0.15) is 18.2 Å². The van der Waals surface area contributed by atoms with Gasteiger partial charge in [0.1, 0.15) is 0 Å². The van der Waals surface area contributed by atoms with Crippen LogP contribution in [-0.4, -0.2) is 23.2 Å². The first kappa shape index (κ1) is 14.1. The Morgan fingerprint density at radius 1 is 1.24 bits per heavy atom. The van der Waals surface area contributed by atoms with Gasteiger partial charge in [0.05, 0.1) is 11.5 Å². The highest BCUT2D eigenvalue weighted by molar-refractivity contribution is 5.60. The Hall–Kier alpha value is -1.89. The number of alkyl halides is 3. The lowest BCUT2D eigenvalue weighted by Crippen LogP contribution is -2.28. The van der Waals surface area contributed by atoms with E-state index in [2.05, 4.69) is 15.5 Å². The number of hydrogen-bond donors (Lipinski definition) is 1. The summed E-state index contributed by atoms with van der Waals surface area (Å²) in [6.45, 7) is 1.65. The first-order valence-electron chi connectivity index (χ1n) is 6.76. The molecule has 1 atom stereocenters. The second-order valence-corrected chi connectivity index (χ2v) is 5.04. The highest BCUT2D eigenvalue weighted by atomic mass is 19.4. The van der Waals surface area contributed by atoms with Crippen LogP contribution in [0.15, 0.2) is 28.8 Å². The fourth-order valence-electron chi connectivity index (χ4n) is 2.50. The number of aromatic nitrogens is 2. The third-order valence-corrected chi connectivity index (χ3v) is 3.56. The molecule has 1 aliphatic heterocycles. The number of nitrogens with one attached hydrogen (secondary N) is 1. The Bertz CT molecular complexity index is 618. The summed E-state index contributed by atoms with van der Waals surface area (Å²) in [4.78, 5) is 4.16. The van der Waals surface area contributed by atoms with Crippen molar-refractivity contribution in [1.82, 2.24) is 15.5 Å². The number of rotatable bonds is 2. The van der Waals surface area contributed by atoms with E-state index in [1.807, 2.05) is 0 Å². The fourth-order valence-corrected chi connectivity index (χ4v) is 2.50. The van der Waals surface area contributed by atoms with Gasteiger partial charge in [0, 0.05) is 12.1 Å². The van der Waals surface area contributed by atoms with Crippen LogP contribution in [0.1, 0.15) is 30.2 Å². The maximum Gasteiger partial charge on any atom is 0.417 e. The van der Waals surface area contributed by atoms with Crippen LogP contribution in [0.4, 0.5) is 13.2 Å². The Morgan fingerprint density at radius 2 is 2.05 bits per heavy atom. The molecule has 21 heavy (non-hydrogen) atoms. The van der Waals surface area contributed by atoms with E-state index in [4.69, 9.17) is 4.52 Å². The lowest BCUT2D eigenvalue weighted by Gasteiger charge is -2.18. The molecule has 3 rings (SSSR count). The molecular formula is C14H14F3N3O. The first-order valence-corrected chi connectivity index (χ1v) is 6.76. The van der Waals surface area contributed by atoms with Crippen LogP contribution in [0, 0.1) is 0 Å². The molecule has 1 unspecified atom stereocenters. The molecule has 1 aromatic heterocycles. The van der Waals surface area contributed by atoms with Crippen molar-refractivity contribution >= 4 is 0 Å². The zero-order valence-corrected chi connectivity index (χ0v) is 11.2. The Kier molecular flexibility index (Phi) is 3.67. The molecule has 1 saturated heterocycles. The minimum atomic E-state index is -4.44. The van der Waals surface area contributed by atoms with Crippen LogP contribution < -0.4 is 5.32 Å². The molecule has 0 amide bonds. The summed E-state index contributed by atoms with van der Waals surface area (Å²) in [6.07, 6.45) is -2.55. The smallest absolute Gasteiger partial charge is 0.339 e. The number of hydrogen-bond acceptors (Lipinski definition) is 4. The summed E-state index contributed by atoms with van der Waals surface area (Å²) in [5.74, 6) is 0.454. The SMILES string of the molecule is FC(F)(F)c1ccccc1-c1noc(C2CCCNC2)n1. The molecule has 2 aromatic rings. The molecule has 0 saturated carbocycles. The number of benzene rings is 1. The van der Waals surface area contributed by atoms with Crippen molar-refractivity contribution in [3.63, 3.8) is 0 Å². The monoisotopic (exact) mass is 297 g/mol. The van der Waals surface area contributed by atoms with Gasteiger partial charge in [-0.25, -0.2) is 0 Å². The van der Waals surface area contributed by atoms with Crippen molar-refractivity contribution in [2.75, 3.05) is 13.1 Å². The molecule has 4 nitrogen and oxygen atoms in total. The zero-order valence-electron chi connectivity index (χ0n) is 11.2. The maximum absolute atomic E-state index is 13.0. The van der Waals surface area contributed by atoms with Crippen LogP contribution in [-0.2, 0) is 6.18 Å². The summed E-state index contributed by atoms with van der Waals surface area (Å²) in [5, 5.41) is 6.93. The Morgan fingerprint density at radius 3 is 2.76 bits per heavy atom. The van der Waals surface area contributed by atoms with Crippen molar-refractivity contribution in [2.24, 2.45) is 0 Å². The Labute approximate surface area is 119 Å². The van der Waals surface area contributed by atoms with Gasteiger partial charge >= 0.3 is 6.18 Å². The minimum absolute atomic E-state index is 0.0106. The van der Waals surface area contributed by atoms with Gasteiger partial charge in [-0.05, 0) is 25.5 Å². The average molecular weight is 297 g/mol. The second kappa shape index (κ2) is 5.48. The molecule has 7 heteroatoms. The lowest BCUT2D eigenvalue weighted by atomic mass is 10.00. The van der Waals surface area contributed by atoms with Gasteiger partial charge in [0.2, 0.25) is 11.7 Å². The topological polar surface area (TPSA) is 51.0 Å². The number of halogens is 3. The third kappa shape index (κ3) is 2.92. The van der Waals surface area contributed by atoms with Crippen LogP contribution >= 0.6 is 0 Å². The van der Waals surface area contributed by atoms with Gasteiger partial charge < -0.3 is 9.84 Å².